The van der Waals surface area contributed by atoms with Crippen molar-refractivity contribution in [2.24, 2.45) is 17.6 Å². The number of nitrogens with two attached hydrogens (primary N) is 1. The SMILES string of the molecule is CCCCOC(=O)C(CC(C)C(=O)O)CC(CC(CC)c1ccccc1)c1ccccc1.CCN. The number of carbonyl (C=O) groups is 2. The van der Waals surface area contributed by atoms with E-state index in [1.54, 1.807) is 6.92 Å². The quantitative estimate of drug-likeness (QED) is 0.228. The van der Waals surface area contributed by atoms with E-state index in [-0.39, 0.29) is 11.9 Å². The summed E-state index contributed by atoms with van der Waals surface area (Å²) < 4.78 is 5.55. The largest absolute Gasteiger partial charge is 0.481 e. The number of hydrogen-bond donors (Lipinski definition) is 2. The highest BCUT2D eigenvalue weighted by Crippen LogP contribution is 2.37. The van der Waals surface area contributed by atoms with Crippen molar-refractivity contribution in [3.05, 3.63) is 71.8 Å². The highest BCUT2D eigenvalue weighted by Gasteiger charge is 2.30. The van der Waals surface area contributed by atoms with Gasteiger partial charge in [-0.15, -0.1) is 0 Å². The van der Waals surface area contributed by atoms with E-state index < -0.39 is 17.8 Å². The first-order chi connectivity index (χ1) is 16.9. The molecule has 0 spiro atoms. The molecule has 0 aliphatic rings. The van der Waals surface area contributed by atoms with Crippen LogP contribution in [0.3, 0.4) is 0 Å². The van der Waals surface area contributed by atoms with Crippen LogP contribution in [-0.2, 0) is 14.3 Å². The van der Waals surface area contributed by atoms with Crippen molar-refractivity contribution in [1.82, 2.24) is 0 Å². The molecule has 5 nitrogen and oxygen atoms in total. The molecule has 0 heterocycles. The molecule has 0 bridgehead atoms. The van der Waals surface area contributed by atoms with E-state index in [1.807, 2.05) is 31.2 Å². The molecule has 2 aromatic rings. The van der Waals surface area contributed by atoms with E-state index >= 15 is 0 Å². The van der Waals surface area contributed by atoms with Gasteiger partial charge in [-0.2, -0.15) is 0 Å². The first kappa shape index (κ1) is 30.4. The summed E-state index contributed by atoms with van der Waals surface area (Å²) in [6.45, 7) is 8.97. The maximum atomic E-state index is 13.0. The summed E-state index contributed by atoms with van der Waals surface area (Å²) in [5, 5.41) is 9.46. The molecule has 2 rings (SSSR count). The number of aliphatic carboxylic acids is 1. The van der Waals surface area contributed by atoms with Crippen LogP contribution in [0.25, 0.3) is 0 Å². The second kappa shape index (κ2) is 17.7. The summed E-state index contributed by atoms with van der Waals surface area (Å²) in [6.07, 6.45) is 4.57. The van der Waals surface area contributed by atoms with Gasteiger partial charge >= 0.3 is 11.9 Å². The lowest BCUT2D eigenvalue weighted by atomic mass is 9.77. The molecular formula is C30H45NO4. The molecule has 0 radical (unpaired) electrons. The number of carboxylic acids is 1. The summed E-state index contributed by atoms with van der Waals surface area (Å²) in [5.74, 6) is -1.65. The van der Waals surface area contributed by atoms with Crippen LogP contribution in [0.2, 0.25) is 0 Å². The fraction of sp³-hybridized carbons (Fsp3) is 0.533. The average Bonchev–Trinajstić information content (AvgIpc) is 2.87. The van der Waals surface area contributed by atoms with Crippen molar-refractivity contribution in [1.29, 1.82) is 0 Å². The zero-order chi connectivity index (χ0) is 26.1. The first-order valence-electron chi connectivity index (χ1n) is 13.1. The smallest absolute Gasteiger partial charge is 0.308 e. The van der Waals surface area contributed by atoms with Crippen LogP contribution in [0.5, 0.6) is 0 Å². The normalized spacial score (nSPS) is 14.1. The Kier molecular flexibility index (Phi) is 15.4. The first-order valence-corrected chi connectivity index (χ1v) is 13.1. The van der Waals surface area contributed by atoms with Crippen molar-refractivity contribution >= 4 is 11.9 Å². The molecule has 4 unspecified atom stereocenters. The molecule has 0 aromatic heterocycles. The fourth-order valence-corrected chi connectivity index (χ4v) is 4.30. The van der Waals surface area contributed by atoms with E-state index in [1.165, 1.54) is 11.1 Å². The lowest BCUT2D eigenvalue weighted by Crippen LogP contribution is -2.26. The van der Waals surface area contributed by atoms with Crippen molar-refractivity contribution in [2.45, 2.75) is 78.1 Å². The number of unbranched alkanes of at least 4 members (excludes halogenated alkanes) is 1. The van der Waals surface area contributed by atoms with Gasteiger partial charge in [0, 0.05) is 0 Å². The Morgan fingerprint density at radius 3 is 1.83 bits per heavy atom. The Balaban J connectivity index is 0.00000194. The number of benzene rings is 2. The van der Waals surface area contributed by atoms with Crippen LogP contribution < -0.4 is 5.73 Å². The molecule has 194 valence electrons. The van der Waals surface area contributed by atoms with Crippen LogP contribution in [0.1, 0.15) is 89.2 Å². The van der Waals surface area contributed by atoms with Crippen molar-refractivity contribution in [2.75, 3.05) is 13.2 Å². The summed E-state index contributed by atoms with van der Waals surface area (Å²) in [6, 6.07) is 20.8. The Labute approximate surface area is 212 Å². The van der Waals surface area contributed by atoms with Gasteiger partial charge in [-0.05, 0) is 61.6 Å². The molecule has 0 amide bonds. The summed E-state index contributed by atoms with van der Waals surface area (Å²) in [4.78, 5) is 24.5. The third-order valence-electron chi connectivity index (χ3n) is 6.31. The van der Waals surface area contributed by atoms with Crippen molar-refractivity contribution < 1.29 is 19.4 Å². The molecule has 0 aliphatic carbocycles. The number of carbonyl (C=O) groups excluding carboxylic acids is 1. The molecule has 2 aromatic carbocycles. The van der Waals surface area contributed by atoms with Crippen LogP contribution in [-0.4, -0.2) is 30.2 Å². The van der Waals surface area contributed by atoms with E-state index in [0.29, 0.717) is 25.4 Å². The molecule has 3 N–H and O–H groups in total. The van der Waals surface area contributed by atoms with Crippen LogP contribution in [0.15, 0.2) is 60.7 Å². The van der Waals surface area contributed by atoms with Crippen LogP contribution in [0.4, 0.5) is 0 Å². The number of esters is 1. The Bertz CT molecular complexity index is 825. The van der Waals surface area contributed by atoms with Crippen LogP contribution >= 0.6 is 0 Å². The average molecular weight is 484 g/mol. The van der Waals surface area contributed by atoms with Gasteiger partial charge in [-0.1, -0.05) is 94.8 Å². The number of rotatable bonds is 14. The minimum atomic E-state index is -0.872. The Morgan fingerprint density at radius 1 is 0.857 bits per heavy atom. The zero-order valence-electron chi connectivity index (χ0n) is 22.0. The maximum absolute atomic E-state index is 13.0. The van der Waals surface area contributed by atoms with E-state index in [0.717, 1.165) is 32.2 Å². The molecule has 0 saturated carbocycles. The number of carboxylic acid groups (broad SMARTS) is 1. The van der Waals surface area contributed by atoms with Gasteiger partial charge in [0.15, 0.2) is 0 Å². The minimum absolute atomic E-state index is 0.145. The van der Waals surface area contributed by atoms with Gasteiger partial charge in [0.05, 0.1) is 18.4 Å². The second-order valence-electron chi connectivity index (χ2n) is 9.20. The van der Waals surface area contributed by atoms with Gasteiger partial charge < -0.3 is 15.6 Å². The topological polar surface area (TPSA) is 89.6 Å². The highest BCUT2D eigenvalue weighted by molar-refractivity contribution is 5.75. The van der Waals surface area contributed by atoms with E-state index in [4.69, 9.17) is 10.5 Å². The summed E-state index contributed by atoms with van der Waals surface area (Å²) in [5.41, 5.74) is 7.34. The Hall–Kier alpha value is -2.66. The fourth-order valence-electron chi connectivity index (χ4n) is 4.30. The molecule has 5 heteroatoms. The van der Waals surface area contributed by atoms with Crippen molar-refractivity contribution in [3.63, 3.8) is 0 Å². The van der Waals surface area contributed by atoms with Gasteiger partial charge in [0.25, 0.3) is 0 Å². The zero-order valence-corrected chi connectivity index (χ0v) is 22.0. The minimum Gasteiger partial charge on any atom is -0.481 e. The number of ether oxygens (including phenoxy) is 1. The highest BCUT2D eigenvalue weighted by atomic mass is 16.5. The molecule has 35 heavy (non-hydrogen) atoms. The van der Waals surface area contributed by atoms with Crippen LogP contribution in [0, 0.1) is 11.8 Å². The molecule has 0 saturated heterocycles. The van der Waals surface area contributed by atoms with E-state index in [9.17, 15) is 14.7 Å². The third kappa shape index (κ3) is 11.5. The predicted octanol–water partition coefficient (Wildman–Crippen LogP) is 6.78. The second-order valence-corrected chi connectivity index (χ2v) is 9.20. The van der Waals surface area contributed by atoms with Gasteiger partial charge in [0.2, 0.25) is 0 Å². The van der Waals surface area contributed by atoms with E-state index in [2.05, 4.69) is 50.2 Å². The van der Waals surface area contributed by atoms with Crippen molar-refractivity contribution in [3.8, 4) is 0 Å². The number of hydrogen-bond acceptors (Lipinski definition) is 4. The maximum Gasteiger partial charge on any atom is 0.308 e. The van der Waals surface area contributed by atoms with Gasteiger partial charge in [-0.3, -0.25) is 9.59 Å². The standard InChI is InChI=1S/C28H38O4.C2H7N/c1-4-6-17-32-28(31)26(18-21(3)27(29)30)20-25(24-15-11-8-12-16-24)19-22(5-2)23-13-9-7-10-14-23;1-2-3/h7-16,21-22,25-26H,4-6,17-20H2,1-3H3,(H,29,30);2-3H2,1H3. The van der Waals surface area contributed by atoms with Gasteiger partial charge in [-0.25, -0.2) is 0 Å². The summed E-state index contributed by atoms with van der Waals surface area (Å²) >= 11 is 0. The monoisotopic (exact) mass is 483 g/mol. The lowest BCUT2D eigenvalue weighted by molar-refractivity contribution is -0.151. The molecule has 4 atom stereocenters. The Morgan fingerprint density at radius 2 is 1.37 bits per heavy atom. The predicted molar refractivity (Wildman–Crippen MR) is 143 cm³/mol. The molecule has 0 aliphatic heterocycles. The summed E-state index contributed by atoms with van der Waals surface area (Å²) in [7, 11) is 0. The molecule has 0 fully saturated rings. The van der Waals surface area contributed by atoms with Gasteiger partial charge in [0.1, 0.15) is 0 Å². The lowest BCUT2D eigenvalue weighted by Gasteiger charge is -2.27. The third-order valence-corrected chi connectivity index (χ3v) is 6.31. The molecular weight excluding hydrogens is 438 g/mol.